The average molecular weight is 232 g/mol. The first-order chi connectivity index (χ1) is 7.32. The van der Waals surface area contributed by atoms with E-state index in [4.69, 9.17) is 0 Å². The highest BCUT2D eigenvalue weighted by Crippen LogP contribution is 2.22. The van der Waals surface area contributed by atoms with E-state index in [2.05, 4.69) is 4.74 Å². The molecule has 0 atom stereocenters. The second-order valence-corrected chi connectivity index (χ2v) is 3.40. The van der Waals surface area contributed by atoms with Crippen molar-refractivity contribution in [3.8, 4) is 5.75 Å². The molecular weight excluding hydrogens is 221 g/mol. The van der Waals surface area contributed by atoms with Crippen LogP contribution in [0.1, 0.15) is 18.1 Å². The van der Waals surface area contributed by atoms with Crippen molar-refractivity contribution in [3.05, 3.63) is 29.3 Å². The number of hydrogen-bond acceptors (Lipinski definition) is 2. The molecule has 2 nitrogen and oxygen atoms in total. The van der Waals surface area contributed by atoms with Gasteiger partial charge >= 0.3 is 12.1 Å². The molecule has 0 fully saturated rings. The van der Waals surface area contributed by atoms with Gasteiger partial charge < -0.3 is 4.74 Å². The highest BCUT2D eigenvalue weighted by Gasteiger charge is 2.41. The Morgan fingerprint density at radius 3 is 2.44 bits per heavy atom. The van der Waals surface area contributed by atoms with Crippen LogP contribution in [0.15, 0.2) is 18.2 Å². The summed E-state index contributed by atoms with van der Waals surface area (Å²) in [5.74, 6) is -2.26. The van der Waals surface area contributed by atoms with Gasteiger partial charge in [-0.15, -0.1) is 0 Å². The fourth-order valence-electron chi connectivity index (χ4n) is 1.25. The molecule has 88 valence electrons. The van der Waals surface area contributed by atoms with Crippen LogP contribution in [0.4, 0.5) is 13.2 Å². The minimum Gasteiger partial charge on any atom is -0.420 e. The van der Waals surface area contributed by atoms with Gasteiger partial charge in [0.05, 0.1) is 0 Å². The van der Waals surface area contributed by atoms with E-state index in [-0.39, 0.29) is 5.75 Å². The quantitative estimate of drug-likeness (QED) is 0.578. The third-order valence-corrected chi connectivity index (χ3v) is 1.96. The van der Waals surface area contributed by atoms with Crippen LogP contribution in [0.5, 0.6) is 5.75 Å². The topological polar surface area (TPSA) is 26.3 Å². The lowest BCUT2D eigenvalue weighted by Gasteiger charge is -2.08. The van der Waals surface area contributed by atoms with E-state index in [9.17, 15) is 18.0 Å². The zero-order valence-corrected chi connectivity index (χ0v) is 8.89. The Morgan fingerprint density at radius 2 is 1.94 bits per heavy atom. The Kier molecular flexibility index (Phi) is 3.57. The fraction of sp³-hybridized carbons (Fsp3) is 0.364. The van der Waals surface area contributed by atoms with Crippen LogP contribution in [0.25, 0.3) is 0 Å². The largest absolute Gasteiger partial charge is 0.491 e. The van der Waals surface area contributed by atoms with Crippen molar-refractivity contribution in [2.75, 3.05) is 0 Å². The summed E-state index contributed by atoms with van der Waals surface area (Å²) in [7, 11) is 0. The molecule has 0 N–H and O–H groups in total. The van der Waals surface area contributed by atoms with E-state index in [1.54, 1.807) is 6.92 Å². The van der Waals surface area contributed by atoms with Crippen molar-refractivity contribution in [3.63, 3.8) is 0 Å². The van der Waals surface area contributed by atoms with Gasteiger partial charge in [-0.1, -0.05) is 13.0 Å². The van der Waals surface area contributed by atoms with E-state index < -0.39 is 12.1 Å². The Balaban J connectivity index is 2.89. The molecule has 0 saturated heterocycles. The number of carbonyl (C=O) groups is 1. The predicted octanol–water partition coefficient (Wildman–Crippen LogP) is 3.03. The molecule has 0 heterocycles. The summed E-state index contributed by atoms with van der Waals surface area (Å²) in [6.07, 6.45) is -4.30. The van der Waals surface area contributed by atoms with Crippen LogP contribution in [-0.4, -0.2) is 12.1 Å². The van der Waals surface area contributed by atoms with Gasteiger partial charge in [0.2, 0.25) is 0 Å². The van der Waals surface area contributed by atoms with Crippen molar-refractivity contribution >= 4 is 5.97 Å². The molecule has 0 radical (unpaired) electrons. The molecule has 0 aliphatic rings. The van der Waals surface area contributed by atoms with Gasteiger partial charge in [-0.3, -0.25) is 0 Å². The molecule has 0 spiro atoms. The van der Waals surface area contributed by atoms with Crippen LogP contribution >= 0.6 is 0 Å². The average Bonchev–Trinajstić information content (AvgIpc) is 2.15. The van der Waals surface area contributed by atoms with Gasteiger partial charge in [0.1, 0.15) is 5.75 Å². The normalized spacial score (nSPS) is 11.3. The molecule has 16 heavy (non-hydrogen) atoms. The lowest BCUT2D eigenvalue weighted by molar-refractivity contribution is -0.189. The standard InChI is InChI=1S/C11H11F3O2/c1-3-8-4-7(2)5-9(6-8)16-10(15)11(12,13)14/h4-6H,3H2,1-2H3. The summed E-state index contributed by atoms with van der Waals surface area (Å²) in [4.78, 5) is 10.6. The highest BCUT2D eigenvalue weighted by molar-refractivity contribution is 5.78. The number of benzene rings is 1. The minimum atomic E-state index is -4.96. The third kappa shape index (κ3) is 3.25. The summed E-state index contributed by atoms with van der Waals surface area (Å²) in [6, 6.07) is 4.64. The SMILES string of the molecule is CCc1cc(C)cc(OC(=O)C(F)(F)F)c1. The smallest absolute Gasteiger partial charge is 0.420 e. The van der Waals surface area contributed by atoms with E-state index in [0.717, 1.165) is 11.1 Å². The number of rotatable bonds is 2. The van der Waals surface area contributed by atoms with Gasteiger partial charge in [0, 0.05) is 0 Å². The molecule has 1 rings (SSSR count). The summed E-state index contributed by atoms with van der Waals surface area (Å²) >= 11 is 0. The molecule has 0 bridgehead atoms. The fourth-order valence-corrected chi connectivity index (χ4v) is 1.25. The monoisotopic (exact) mass is 232 g/mol. The molecule has 0 saturated carbocycles. The maximum atomic E-state index is 11.9. The first-order valence-electron chi connectivity index (χ1n) is 4.72. The lowest BCUT2D eigenvalue weighted by Crippen LogP contribution is -2.28. The number of hydrogen-bond donors (Lipinski definition) is 0. The number of carbonyl (C=O) groups excluding carboxylic acids is 1. The van der Waals surface area contributed by atoms with Crippen LogP contribution in [0.2, 0.25) is 0 Å². The molecule has 0 amide bonds. The molecule has 0 aliphatic carbocycles. The van der Waals surface area contributed by atoms with Crippen LogP contribution in [0, 0.1) is 6.92 Å². The summed E-state index contributed by atoms with van der Waals surface area (Å²) < 4.78 is 40.1. The van der Waals surface area contributed by atoms with Gasteiger partial charge in [0.25, 0.3) is 0 Å². The van der Waals surface area contributed by atoms with Crippen LogP contribution < -0.4 is 4.74 Å². The number of esters is 1. The Bertz CT molecular complexity index is 397. The highest BCUT2D eigenvalue weighted by atomic mass is 19.4. The number of ether oxygens (including phenoxy) is 1. The molecule has 0 aliphatic heterocycles. The predicted molar refractivity (Wildman–Crippen MR) is 52.2 cm³/mol. The molecule has 1 aromatic carbocycles. The Morgan fingerprint density at radius 1 is 1.31 bits per heavy atom. The first kappa shape index (κ1) is 12.5. The third-order valence-electron chi connectivity index (χ3n) is 1.96. The maximum Gasteiger partial charge on any atom is 0.491 e. The van der Waals surface area contributed by atoms with Crippen molar-refractivity contribution < 1.29 is 22.7 Å². The molecule has 0 aromatic heterocycles. The number of aryl methyl sites for hydroxylation is 2. The van der Waals surface area contributed by atoms with Gasteiger partial charge in [0.15, 0.2) is 0 Å². The maximum absolute atomic E-state index is 11.9. The van der Waals surface area contributed by atoms with Gasteiger partial charge in [-0.2, -0.15) is 13.2 Å². The lowest BCUT2D eigenvalue weighted by atomic mass is 10.1. The van der Waals surface area contributed by atoms with E-state index in [0.29, 0.717) is 6.42 Å². The van der Waals surface area contributed by atoms with Crippen molar-refractivity contribution in [2.24, 2.45) is 0 Å². The van der Waals surface area contributed by atoms with Crippen molar-refractivity contribution in [2.45, 2.75) is 26.4 Å². The molecule has 1 aromatic rings. The zero-order chi connectivity index (χ0) is 12.3. The van der Waals surface area contributed by atoms with Crippen LogP contribution in [-0.2, 0) is 11.2 Å². The Hall–Kier alpha value is -1.52. The van der Waals surface area contributed by atoms with Crippen LogP contribution in [0.3, 0.4) is 0 Å². The second kappa shape index (κ2) is 4.55. The van der Waals surface area contributed by atoms with E-state index in [1.165, 1.54) is 12.1 Å². The van der Waals surface area contributed by atoms with Crippen molar-refractivity contribution in [1.29, 1.82) is 0 Å². The number of alkyl halides is 3. The van der Waals surface area contributed by atoms with Gasteiger partial charge in [-0.25, -0.2) is 4.79 Å². The second-order valence-electron chi connectivity index (χ2n) is 3.40. The number of halogens is 3. The van der Waals surface area contributed by atoms with E-state index >= 15 is 0 Å². The molecule has 5 heteroatoms. The summed E-state index contributed by atoms with van der Waals surface area (Å²) in [5, 5.41) is 0. The van der Waals surface area contributed by atoms with Gasteiger partial charge in [-0.05, 0) is 36.6 Å². The van der Waals surface area contributed by atoms with Crippen molar-refractivity contribution in [1.82, 2.24) is 0 Å². The molecule has 0 unspecified atom stereocenters. The Labute approximate surface area is 91.0 Å². The summed E-state index contributed by atoms with van der Waals surface area (Å²) in [5.41, 5.74) is 1.58. The minimum absolute atomic E-state index is 0.0702. The first-order valence-corrected chi connectivity index (χ1v) is 4.72. The summed E-state index contributed by atoms with van der Waals surface area (Å²) in [6.45, 7) is 3.59. The van der Waals surface area contributed by atoms with E-state index in [1.807, 2.05) is 13.0 Å². The zero-order valence-electron chi connectivity index (χ0n) is 8.89. The molecular formula is C11H11F3O2.